The lowest BCUT2D eigenvalue weighted by molar-refractivity contribution is -0.137. The van der Waals surface area contributed by atoms with Crippen LogP contribution in [0.4, 0.5) is 18.9 Å². The molecule has 1 aliphatic rings. The highest BCUT2D eigenvalue weighted by molar-refractivity contribution is 7.80. The summed E-state index contributed by atoms with van der Waals surface area (Å²) in [5.74, 6) is -0.437. The fourth-order valence-corrected chi connectivity index (χ4v) is 2.23. The lowest BCUT2D eigenvalue weighted by Gasteiger charge is -2.17. The van der Waals surface area contributed by atoms with Gasteiger partial charge in [-0.15, -0.1) is 0 Å². The van der Waals surface area contributed by atoms with Crippen molar-refractivity contribution in [3.63, 3.8) is 0 Å². The molecule has 1 heterocycles. The molecule has 1 unspecified atom stereocenters. The summed E-state index contributed by atoms with van der Waals surface area (Å²) in [5.41, 5.74) is -1.60. The Hall–Kier alpha value is -2.14. The number of anilines is 1. The van der Waals surface area contributed by atoms with Gasteiger partial charge in [0.25, 0.3) is 5.91 Å². The smallest absolute Gasteiger partial charge is 0.350 e. The summed E-state index contributed by atoms with van der Waals surface area (Å²) in [7, 11) is 0. The molecule has 0 aromatic heterocycles. The van der Waals surface area contributed by atoms with Gasteiger partial charge in [0, 0.05) is 0 Å². The van der Waals surface area contributed by atoms with Gasteiger partial charge in [-0.05, 0) is 37.3 Å². The average Bonchev–Trinajstić information content (AvgIpc) is 2.61. The molecule has 0 saturated carbocycles. The first-order valence-electron chi connectivity index (χ1n) is 5.51. The van der Waals surface area contributed by atoms with E-state index in [4.69, 9.17) is 17.5 Å². The number of nitriles is 1. The van der Waals surface area contributed by atoms with E-state index >= 15 is 0 Å². The molecule has 2 rings (SSSR count). The number of rotatable bonds is 1. The normalized spacial score (nSPS) is 18.9. The maximum atomic E-state index is 12.9. The molecule has 20 heavy (non-hydrogen) atoms. The molecule has 0 aliphatic carbocycles. The minimum absolute atomic E-state index is 0.0109. The maximum absolute atomic E-state index is 12.9. The largest absolute Gasteiger partial charge is 0.417 e. The van der Waals surface area contributed by atoms with Crippen molar-refractivity contribution in [2.75, 3.05) is 4.90 Å². The first kappa shape index (κ1) is 14.3. The summed E-state index contributed by atoms with van der Waals surface area (Å²) >= 11 is 4.92. The number of alkyl halides is 3. The van der Waals surface area contributed by atoms with Crippen molar-refractivity contribution >= 4 is 28.9 Å². The molecule has 0 radical (unpaired) electrons. The van der Waals surface area contributed by atoms with Gasteiger partial charge in [-0.2, -0.15) is 18.4 Å². The number of thiocarbonyl (C=S) groups is 1. The van der Waals surface area contributed by atoms with E-state index in [9.17, 15) is 18.0 Å². The van der Waals surface area contributed by atoms with Gasteiger partial charge in [-0.25, -0.2) is 0 Å². The molecule has 1 aromatic carbocycles. The van der Waals surface area contributed by atoms with Crippen LogP contribution >= 0.6 is 12.2 Å². The molecule has 8 heteroatoms. The van der Waals surface area contributed by atoms with Crippen LogP contribution in [0.5, 0.6) is 0 Å². The molecular formula is C12H8F3N3OS. The second-order valence-corrected chi connectivity index (χ2v) is 4.57. The van der Waals surface area contributed by atoms with Crippen molar-refractivity contribution in [3.8, 4) is 6.07 Å². The van der Waals surface area contributed by atoms with Gasteiger partial charge in [0.2, 0.25) is 0 Å². The second-order valence-electron chi connectivity index (χ2n) is 4.18. The van der Waals surface area contributed by atoms with E-state index < -0.39 is 29.3 Å². The first-order chi connectivity index (χ1) is 9.25. The fraction of sp³-hybridized carbons (Fsp3) is 0.250. The Morgan fingerprint density at radius 3 is 2.55 bits per heavy atom. The van der Waals surface area contributed by atoms with Crippen LogP contribution in [0, 0.1) is 11.3 Å². The highest BCUT2D eigenvalue weighted by Crippen LogP contribution is 2.35. The van der Waals surface area contributed by atoms with Crippen molar-refractivity contribution in [1.82, 2.24) is 5.32 Å². The quantitative estimate of drug-likeness (QED) is 0.808. The zero-order valence-corrected chi connectivity index (χ0v) is 11.0. The number of carbonyl (C=O) groups excluding carboxylic acids is 1. The van der Waals surface area contributed by atoms with Crippen LogP contribution in [0.1, 0.15) is 18.1 Å². The average molecular weight is 299 g/mol. The SMILES string of the molecule is CC1NC(=S)N(c2ccc(C#N)c(C(F)(F)F)c2)C1=O. The van der Waals surface area contributed by atoms with Gasteiger partial charge in [0.1, 0.15) is 6.04 Å². The maximum Gasteiger partial charge on any atom is 0.417 e. The van der Waals surface area contributed by atoms with Crippen molar-refractivity contribution in [3.05, 3.63) is 29.3 Å². The van der Waals surface area contributed by atoms with E-state index in [0.29, 0.717) is 0 Å². The van der Waals surface area contributed by atoms with Crippen molar-refractivity contribution in [2.24, 2.45) is 0 Å². The number of nitrogens with zero attached hydrogens (tertiary/aromatic N) is 2. The third kappa shape index (κ3) is 2.32. The van der Waals surface area contributed by atoms with Gasteiger partial charge in [0.15, 0.2) is 5.11 Å². The molecule has 4 nitrogen and oxygen atoms in total. The summed E-state index contributed by atoms with van der Waals surface area (Å²) in [4.78, 5) is 12.9. The van der Waals surface area contributed by atoms with Gasteiger partial charge in [0.05, 0.1) is 22.9 Å². The highest BCUT2D eigenvalue weighted by atomic mass is 32.1. The van der Waals surface area contributed by atoms with Crippen LogP contribution in [-0.2, 0) is 11.0 Å². The molecule has 1 amide bonds. The number of amides is 1. The number of hydrogen-bond donors (Lipinski definition) is 1. The van der Waals surface area contributed by atoms with Crippen molar-refractivity contribution < 1.29 is 18.0 Å². The Morgan fingerprint density at radius 1 is 1.45 bits per heavy atom. The van der Waals surface area contributed by atoms with Crippen LogP contribution in [-0.4, -0.2) is 17.1 Å². The standard InChI is InChI=1S/C12H8F3N3OS/c1-6-10(19)18(11(20)17-6)8-3-2-7(5-16)9(4-8)12(13,14)15/h2-4,6H,1H3,(H,17,20). The fourth-order valence-electron chi connectivity index (χ4n) is 1.85. The zero-order chi connectivity index (χ0) is 15.1. The third-order valence-electron chi connectivity index (χ3n) is 2.82. The molecule has 1 atom stereocenters. The Kier molecular flexibility index (Phi) is 3.39. The first-order valence-corrected chi connectivity index (χ1v) is 5.92. The number of halogens is 3. The number of benzene rings is 1. The second kappa shape index (κ2) is 4.76. The van der Waals surface area contributed by atoms with Crippen LogP contribution in [0.25, 0.3) is 0 Å². The van der Waals surface area contributed by atoms with E-state index in [1.165, 1.54) is 12.1 Å². The van der Waals surface area contributed by atoms with Crippen molar-refractivity contribution in [2.45, 2.75) is 19.1 Å². The van der Waals surface area contributed by atoms with Gasteiger partial charge in [-0.1, -0.05) is 0 Å². The molecule has 0 spiro atoms. The summed E-state index contributed by atoms with van der Waals surface area (Å²) < 4.78 is 38.6. The summed E-state index contributed by atoms with van der Waals surface area (Å²) in [6.07, 6.45) is -4.68. The Balaban J connectivity index is 2.53. The van der Waals surface area contributed by atoms with E-state index in [0.717, 1.165) is 17.0 Å². The topological polar surface area (TPSA) is 56.1 Å². The van der Waals surface area contributed by atoms with E-state index in [-0.39, 0.29) is 10.8 Å². The molecule has 1 fully saturated rings. The molecule has 1 N–H and O–H groups in total. The molecule has 1 aliphatic heterocycles. The van der Waals surface area contributed by atoms with E-state index in [1.54, 1.807) is 6.92 Å². The van der Waals surface area contributed by atoms with Gasteiger partial charge >= 0.3 is 6.18 Å². The minimum Gasteiger partial charge on any atom is -0.350 e. The van der Waals surface area contributed by atoms with Crippen LogP contribution in [0.2, 0.25) is 0 Å². The third-order valence-corrected chi connectivity index (χ3v) is 3.12. The molecule has 0 bridgehead atoms. The molecule has 1 saturated heterocycles. The summed E-state index contributed by atoms with van der Waals surface area (Å²) in [5, 5.41) is 11.4. The monoisotopic (exact) mass is 299 g/mol. The molecule has 104 valence electrons. The number of nitrogens with one attached hydrogen (secondary N) is 1. The predicted octanol–water partition coefficient (Wildman–Crippen LogP) is 2.19. The predicted molar refractivity (Wildman–Crippen MR) is 68.8 cm³/mol. The minimum atomic E-state index is -4.68. The Morgan fingerprint density at radius 2 is 2.10 bits per heavy atom. The number of carbonyl (C=O) groups is 1. The lowest BCUT2D eigenvalue weighted by Crippen LogP contribution is -2.31. The van der Waals surface area contributed by atoms with E-state index in [2.05, 4.69) is 5.32 Å². The van der Waals surface area contributed by atoms with Crippen LogP contribution < -0.4 is 10.2 Å². The summed E-state index contributed by atoms with van der Waals surface area (Å²) in [6, 6.07) is 3.93. The zero-order valence-electron chi connectivity index (χ0n) is 10.2. The van der Waals surface area contributed by atoms with Gasteiger partial charge in [-0.3, -0.25) is 9.69 Å². The van der Waals surface area contributed by atoms with E-state index in [1.807, 2.05) is 0 Å². The highest BCUT2D eigenvalue weighted by Gasteiger charge is 2.37. The Bertz CT molecular complexity index is 636. The van der Waals surface area contributed by atoms with Crippen molar-refractivity contribution in [1.29, 1.82) is 5.26 Å². The summed E-state index contributed by atoms with van der Waals surface area (Å²) in [6.45, 7) is 1.56. The Labute approximate surface area is 117 Å². The lowest BCUT2D eigenvalue weighted by atomic mass is 10.1. The molecular weight excluding hydrogens is 291 g/mol. The molecule has 1 aromatic rings. The van der Waals surface area contributed by atoms with Gasteiger partial charge < -0.3 is 5.32 Å². The van der Waals surface area contributed by atoms with Crippen LogP contribution in [0.15, 0.2) is 18.2 Å². The number of hydrogen-bond acceptors (Lipinski definition) is 3. The van der Waals surface area contributed by atoms with Crippen LogP contribution in [0.3, 0.4) is 0 Å².